The maximum absolute atomic E-state index is 12.1. The minimum absolute atomic E-state index is 0. The highest BCUT2D eigenvalue weighted by Gasteiger charge is 2.11. The number of benzene rings is 1. The molecule has 1 heterocycles. The van der Waals surface area contributed by atoms with Crippen molar-refractivity contribution in [1.29, 1.82) is 0 Å². The lowest BCUT2D eigenvalue weighted by Gasteiger charge is -2.14. The van der Waals surface area contributed by atoms with Crippen LogP contribution in [0.4, 0.5) is 0 Å². The second-order valence-electron chi connectivity index (χ2n) is 5.49. The zero-order valence-corrected chi connectivity index (χ0v) is 16.1. The average molecular weight is 386 g/mol. The van der Waals surface area contributed by atoms with Crippen molar-refractivity contribution in [1.82, 2.24) is 10.3 Å². The first-order valence-electron chi connectivity index (χ1n) is 7.73. The van der Waals surface area contributed by atoms with Gasteiger partial charge in [-0.2, -0.15) is 0 Å². The molecular weight excluding hydrogens is 361 g/mol. The van der Waals surface area contributed by atoms with Crippen LogP contribution in [0.3, 0.4) is 0 Å². The predicted octanol–water partition coefficient (Wildman–Crippen LogP) is 3.20. The van der Waals surface area contributed by atoms with Gasteiger partial charge in [-0.1, -0.05) is 6.07 Å². The van der Waals surface area contributed by atoms with Gasteiger partial charge in [-0.15, -0.1) is 24.8 Å². The summed E-state index contributed by atoms with van der Waals surface area (Å²) in [7, 11) is 0. The molecule has 1 aromatic carbocycles. The third-order valence-corrected chi connectivity index (χ3v) is 3.49. The number of amides is 1. The number of aromatic nitrogens is 1. The second kappa shape index (κ2) is 11.7. The molecule has 0 fully saturated rings. The molecule has 3 N–H and O–H groups in total. The van der Waals surface area contributed by atoms with Gasteiger partial charge in [0.2, 0.25) is 0 Å². The zero-order chi connectivity index (χ0) is 16.7. The van der Waals surface area contributed by atoms with Crippen LogP contribution in [0.5, 0.6) is 5.75 Å². The molecule has 2 rings (SSSR count). The second-order valence-corrected chi connectivity index (χ2v) is 5.49. The largest absolute Gasteiger partial charge is 0.488 e. The van der Waals surface area contributed by atoms with Crippen LogP contribution in [-0.4, -0.2) is 24.0 Å². The smallest absolute Gasteiger partial charge is 0.251 e. The van der Waals surface area contributed by atoms with Crippen LogP contribution >= 0.6 is 24.8 Å². The van der Waals surface area contributed by atoms with Crippen molar-refractivity contribution in [2.24, 2.45) is 5.73 Å². The van der Waals surface area contributed by atoms with E-state index in [4.69, 9.17) is 10.5 Å². The van der Waals surface area contributed by atoms with Crippen LogP contribution in [0.2, 0.25) is 0 Å². The van der Waals surface area contributed by atoms with E-state index in [-0.39, 0.29) is 30.7 Å². The Balaban J connectivity index is 0.00000288. The normalized spacial score (nSPS) is 9.56. The number of nitrogens with one attached hydrogen (secondary N) is 1. The standard InChI is InChI=1S/C18H23N3O2.2ClH/c1-13-9-16(18(22)21-8-4-6-19)10-14(2)17(13)23-12-15-5-3-7-20-11-15;;/h3,5,7,9-11H,4,6,8,12,19H2,1-2H3,(H,21,22);2*1H. The summed E-state index contributed by atoms with van der Waals surface area (Å²) in [5.41, 5.74) is 8.97. The lowest BCUT2D eigenvalue weighted by molar-refractivity contribution is 0.0953. The molecule has 0 aliphatic rings. The first-order chi connectivity index (χ1) is 11.1. The highest BCUT2D eigenvalue weighted by Crippen LogP contribution is 2.25. The van der Waals surface area contributed by atoms with E-state index in [9.17, 15) is 4.79 Å². The number of nitrogens with zero attached hydrogens (tertiary/aromatic N) is 1. The number of carbonyl (C=O) groups excluding carboxylic acids is 1. The van der Waals surface area contributed by atoms with Gasteiger partial charge in [-0.3, -0.25) is 9.78 Å². The Kier molecular flexibility index (Phi) is 10.8. The average Bonchev–Trinajstić information content (AvgIpc) is 2.55. The number of nitrogens with two attached hydrogens (primary N) is 1. The molecule has 0 atom stereocenters. The van der Waals surface area contributed by atoms with Crippen molar-refractivity contribution >= 4 is 30.7 Å². The molecule has 5 nitrogen and oxygen atoms in total. The molecule has 0 saturated heterocycles. The maximum Gasteiger partial charge on any atom is 0.251 e. The first kappa shape index (κ1) is 23.2. The summed E-state index contributed by atoms with van der Waals surface area (Å²) in [6.45, 7) is 5.51. The zero-order valence-electron chi connectivity index (χ0n) is 14.5. The maximum atomic E-state index is 12.1. The molecule has 1 amide bonds. The van der Waals surface area contributed by atoms with Crippen LogP contribution in [-0.2, 0) is 6.61 Å². The van der Waals surface area contributed by atoms with Crippen molar-refractivity contribution in [3.63, 3.8) is 0 Å². The van der Waals surface area contributed by atoms with Crippen LogP contribution in [0.15, 0.2) is 36.7 Å². The molecule has 0 bridgehead atoms. The van der Waals surface area contributed by atoms with Crippen molar-refractivity contribution in [3.05, 3.63) is 58.9 Å². The molecule has 2 aromatic rings. The van der Waals surface area contributed by atoms with Crippen molar-refractivity contribution in [2.75, 3.05) is 13.1 Å². The monoisotopic (exact) mass is 385 g/mol. The van der Waals surface area contributed by atoms with Gasteiger partial charge in [-0.05, 0) is 56.1 Å². The fraction of sp³-hybridized carbons (Fsp3) is 0.333. The van der Waals surface area contributed by atoms with Crippen LogP contribution in [0.1, 0.15) is 33.5 Å². The van der Waals surface area contributed by atoms with Gasteiger partial charge < -0.3 is 15.8 Å². The van der Waals surface area contributed by atoms with E-state index < -0.39 is 0 Å². The van der Waals surface area contributed by atoms with Gasteiger partial charge >= 0.3 is 0 Å². The molecular formula is C18H25Cl2N3O2. The van der Waals surface area contributed by atoms with E-state index in [0.29, 0.717) is 25.3 Å². The molecule has 0 saturated carbocycles. The fourth-order valence-corrected chi connectivity index (χ4v) is 2.35. The Morgan fingerprint density at radius 3 is 2.48 bits per heavy atom. The highest BCUT2D eigenvalue weighted by molar-refractivity contribution is 5.94. The lowest BCUT2D eigenvalue weighted by Crippen LogP contribution is -2.26. The Hall–Kier alpha value is -1.82. The first-order valence-corrected chi connectivity index (χ1v) is 7.73. The summed E-state index contributed by atoms with van der Waals surface area (Å²) in [6, 6.07) is 7.55. The van der Waals surface area contributed by atoms with E-state index in [2.05, 4.69) is 10.3 Å². The number of pyridine rings is 1. The van der Waals surface area contributed by atoms with Gasteiger partial charge in [0.1, 0.15) is 12.4 Å². The van der Waals surface area contributed by atoms with E-state index in [1.54, 1.807) is 12.4 Å². The Morgan fingerprint density at radius 1 is 1.24 bits per heavy atom. The number of halogens is 2. The molecule has 1 aromatic heterocycles. The molecule has 7 heteroatoms. The minimum atomic E-state index is -0.0801. The number of aryl methyl sites for hydroxylation is 2. The molecule has 0 aliphatic heterocycles. The number of hydrogen-bond donors (Lipinski definition) is 2. The quantitative estimate of drug-likeness (QED) is 0.717. The van der Waals surface area contributed by atoms with Gasteiger partial charge in [0.05, 0.1) is 0 Å². The molecule has 0 aliphatic carbocycles. The lowest BCUT2D eigenvalue weighted by atomic mass is 10.0. The Bertz CT molecular complexity index is 644. The molecule has 25 heavy (non-hydrogen) atoms. The number of rotatable bonds is 7. The molecule has 0 spiro atoms. The van der Waals surface area contributed by atoms with E-state index in [1.165, 1.54) is 0 Å². The third-order valence-electron chi connectivity index (χ3n) is 3.49. The molecule has 0 radical (unpaired) electrons. The van der Waals surface area contributed by atoms with Gasteiger partial charge in [0, 0.05) is 30.1 Å². The molecule has 138 valence electrons. The summed E-state index contributed by atoms with van der Waals surface area (Å²) in [5.74, 6) is 0.732. The topological polar surface area (TPSA) is 77.2 Å². The number of carbonyl (C=O) groups is 1. The fourth-order valence-electron chi connectivity index (χ4n) is 2.35. The van der Waals surface area contributed by atoms with E-state index in [1.807, 2.05) is 38.1 Å². The summed E-state index contributed by atoms with van der Waals surface area (Å²) in [6.07, 6.45) is 4.29. The van der Waals surface area contributed by atoms with E-state index in [0.717, 1.165) is 28.9 Å². The molecule has 0 unspecified atom stereocenters. The SMILES string of the molecule is Cc1cc(C(=O)NCCCN)cc(C)c1OCc1cccnc1.Cl.Cl. The van der Waals surface area contributed by atoms with Gasteiger partial charge in [0.15, 0.2) is 0 Å². The summed E-state index contributed by atoms with van der Waals surface area (Å²) in [4.78, 5) is 16.2. The van der Waals surface area contributed by atoms with Crippen LogP contribution in [0.25, 0.3) is 0 Å². The van der Waals surface area contributed by atoms with Crippen LogP contribution < -0.4 is 15.8 Å². The third kappa shape index (κ3) is 6.90. The van der Waals surface area contributed by atoms with Gasteiger partial charge in [0.25, 0.3) is 5.91 Å². The summed E-state index contributed by atoms with van der Waals surface area (Å²) < 4.78 is 5.90. The summed E-state index contributed by atoms with van der Waals surface area (Å²) in [5, 5.41) is 2.86. The Morgan fingerprint density at radius 2 is 1.92 bits per heavy atom. The minimum Gasteiger partial charge on any atom is -0.488 e. The van der Waals surface area contributed by atoms with Crippen molar-refractivity contribution in [3.8, 4) is 5.75 Å². The number of hydrogen-bond acceptors (Lipinski definition) is 4. The van der Waals surface area contributed by atoms with Crippen molar-refractivity contribution < 1.29 is 9.53 Å². The predicted molar refractivity (Wildman–Crippen MR) is 105 cm³/mol. The Labute approximate surface area is 161 Å². The highest BCUT2D eigenvalue weighted by atomic mass is 35.5. The van der Waals surface area contributed by atoms with Gasteiger partial charge in [-0.25, -0.2) is 0 Å². The van der Waals surface area contributed by atoms with E-state index >= 15 is 0 Å². The van der Waals surface area contributed by atoms with Crippen molar-refractivity contribution in [2.45, 2.75) is 26.9 Å². The summed E-state index contributed by atoms with van der Waals surface area (Å²) >= 11 is 0. The number of ether oxygens (including phenoxy) is 1. The van der Waals surface area contributed by atoms with Crippen LogP contribution in [0, 0.1) is 13.8 Å².